The van der Waals surface area contributed by atoms with Crippen LogP contribution in [-0.4, -0.2) is 30.2 Å². The van der Waals surface area contributed by atoms with Crippen LogP contribution in [0.1, 0.15) is 6.42 Å². The van der Waals surface area contributed by atoms with Crippen molar-refractivity contribution in [2.45, 2.75) is 13.0 Å². The number of anilines is 1. The summed E-state index contributed by atoms with van der Waals surface area (Å²) < 4.78 is 7.51. The molecule has 1 amide bonds. The minimum absolute atomic E-state index is 0.00193. The van der Waals surface area contributed by atoms with E-state index < -0.39 is 0 Å². The van der Waals surface area contributed by atoms with E-state index in [-0.39, 0.29) is 17.9 Å². The van der Waals surface area contributed by atoms with Gasteiger partial charge in [0.25, 0.3) is 0 Å². The molecule has 0 N–H and O–H groups in total. The maximum atomic E-state index is 13.7. The Hall–Kier alpha value is -3.44. The molecular formula is C26H24N2O3. The first-order chi connectivity index (χ1) is 15.2. The molecule has 1 fully saturated rings. The molecule has 0 bridgehead atoms. The van der Waals surface area contributed by atoms with Gasteiger partial charge in [-0.25, -0.2) is 0 Å². The van der Waals surface area contributed by atoms with Gasteiger partial charge in [0.05, 0.1) is 17.6 Å². The van der Waals surface area contributed by atoms with Crippen molar-refractivity contribution in [3.63, 3.8) is 0 Å². The number of carbonyl (C=O) groups is 1. The summed E-state index contributed by atoms with van der Waals surface area (Å²) in [5.74, 6) is 0.323. The summed E-state index contributed by atoms with van der Waals surface area (Å²) in [6.45, 7) is 2.21. The zero-order valence-electron chi connectivity index (χ0n) is 17.2. The maximum Gasteiger partial charge on any atom is 0.246 e. The number of fused-ring (bicyclic) bond motifs is 2. The number of rotatable bonds is 5. The smallest absolute Gasteiger partial charge is 0.246 e. The van der Waals surface area contributed by atoms with Crippen LogP contribution in [0, 0.1) is 5.92 Å². The number of aromatic nitrogens is 1. The van der Waals surface area contributed by atoms with E-state index in [4.69, 9.17) is 4.74 Å². The number of hydrogen-bond acceptors (Lipinski definition) is 3. The van der Waals surface area contributed by atoms with Gasteiger partial charge in [0.2, 0.25) is 5.91 Å². The summed E-state index contributed by atoms with van der Waals surface area (Å²) in [7, 11) is 0. The lowest BCUT2D eigenvalue weighted by Crippen LogP contribution is -2.38. The summed E-state index contributed by atoms with van der Waals surface area (Å²) in [4.78, 5) is 28.5. The molecule has 2 heterocycles. The second kappa shape index (κ2) is 8.36. The Labute approximate surface area is 180 Å². The number of ether oxygens (including phenoxy) is 1. The van der Waals surface area contributed by atoms with Gasteiger partial charge in [0.1, 0.15) is 6.54 Å². The molecule has 156 valence electrons. The Kier molecular flexibility index (Phi) is 5.26. The fourth-order valence-corrected chi connectivity index (χ4v) is 4.41. The third-order valence-corrected chi connectivity index (χ3v) is 6.01. The predicted molar refractivity (Wildman–Crippen MR) is 123 cm³/mol. The van der Waals surface area contributed by atoms with Gasteiger partial charge in [-0.1, -0.05) is 42.5 Å². The highest BCUT2D eigenvalue weighted by atomic mass is 16.5. The average molecular weight is 412 g/mol. The highest BCUT2D eigenvalue weighted by Gasteiger charge is 2.24. The van der Waals surface area contributed by atoms with Crippen molar-refractivity contribution < 1.29 is 9.53 Å². The SMILES string of the molecule is O=C(Cn1c2ccccc2c(=O)c2ccccc21)N(CC1CCOC1)c1ccccc1. The van der Waals surface area contributed by atoms with Gasteiger partial charge in [-0.15, -0.1) is 0 Å². The first-order valence-corrected chi connectivity index (χ1v) is 10.7. The molecule has 1 aromatic heterocycles. The van der Waals surface area contributed by atoms with Gasteiger partial charge in [-0.2, -0.15) is 0 Å². The first-order valence-electron chi connectivity index (χ1n) is 10.7. The number of amides is 1. The molecule has 1 aliphatic heterocycles. The number of pyridine rings is 1. The molecule has 4 aromatic rings. The van der Waals surface area contributed by atoms with Gasteiger partial charge in [-0.05, 0) is 42.8 Å². The van der Waals surface area contributed by atoms with Crippen LogP contribution < -0.4 is 10.3 Å². The average Bonchev–Trinajstić information content (AvgIpc) is 3.34. The van der Waals surface area contributed by atoms with Crippen molar-refractivity contribution in [1.82, 2.24) is 4.57 Å². The molecule has 0 saturated carbocycles. The van der Waals surface area contributed by atoms with Crippen LogP contribution in [0.3, 0.4) is 0 Å². The molecule has 5 rings (SSSR count). The van der Waals surface area contributed by atoms with Crippen molar-refractivity contribution in [2.75, 3.05) is 24.7 Å². The quantitative estimate of drug-likeness (QED) is 0.461. The second-order valence-corrected chi connectivity index (χ2v) is 8.02. The Morgan fingerprint density at radius 3 is 2.13 bits per heavy atom. The van der Waals surface area contributed by atoms with E-state index in [0.717, 1.165) is 29.7 Å². The molecule has 1 saturated heterocycles. The van der Waals surface area contributed by atoms with Crippen LogP contribution in [0.4, 0.5) is 5.69 Å². The van der Waals surface area contributed by atoms with E-state index >= 15 is 0 Å². The number of hydrogen-bond donors (Lipinski definition) is 0. The Balaban J connectivity index is 1.59. The standard InChI is InChI=1S/C26H24N2O3/c29-25(27(16-19-14-15-31-18-19)20-8-2-1-3-9-20)17-28-23-12-6-4-10-21(23)26(30)22-11-5-7-13-24(22)28/h1-13,19H,14-18H2. The highest BCUT2D eigenvalue weighted by molar-refractivity contribution is 5.98. The fraction of sp³-hybridized carbons (Fsp3) is 0.231. The lowest BCUT2D eigenvalue weighted by molar-refractivity contribution is -0.119. The van der Waals surface area contributed by atoms with Crippen molar-refractivity contribution in [3.05, 3.63) is 89.1 Å². The van der Waals surface area contributed by atoms with Crippen LogP contribution in [0.15, 0.2) is 83.7 Å². The zero-order chi connectivity index (χ0) is 21.2. The van der Waals surface area contributed by atoms with Crippen LogP contribution in [0.5, 0.6) is 0 Å². The number of nitrogens with zero attached hydrogens (tertiary/aromatic N) is 2. The van der Waals surface area contributed by atoms with Crippen LogP contribution in [0.2, 0.25) is 0 Å². The Morgan fingerprint density at radius 2 is 1.52 bits per heavy atom. The molecule has 0 spiro atoms. The van der Waals surface area contributed by atoms with E-state index in [1.807, 2.05) is 88.3 Å². The molecular weight excluding hydrogens is 388 g/mol. The Bertz CT molecular complexity index is 1230. The van der Waals surface area contributed by atoms with E-state index in [1.54, 1.807) is 0 Å². The predicted octanol–water partition coefficient (Wildman–Crippen LogP) is 4.22. The number of carbonyl (C=O) groups excluding carboxylic acids is 1. The lowest BCUT2D eigenvalue weighted by Gasteiger charge is -2.26. The van der Waals surface area contributed by atoms with Crippen LogP contribution in [-0.2, 0) is 16.1 Å². The molecule has 5 heteroatoms. The molecule has 3 aromatic carbocycles. The largest absolute Gasteiger partial charge is 0.381 e. The van der Waals surface area contributed by atoms with Crippen LogP contribution in [0.25, 0.3) is 21.8 Å². The van der Waals surface area contributed by atoms with E-state index in [2.05, 4.69) is 0 Å². The summed E-state index contributed by atoms with van der Waals surface area (Å²) in [5, 5.41) is 1.26. The van der Waals surface area contributed by atoms with E-state index in [1.165, 1.54) is 0 Å². The highest BCUT2D eigenvalue weighted by Crippen LogP contribution is 2.23. The lowest BCUT2D eigenvalue weighted by atomic mass is 10.1. The molecule has 31 heavy (non-hydrogen) atoms. The topological polar surface area (TPSA) is 51.5 Å². The molecule has 0 radical (unpaired) electrons. The van der Waals surface area contributed by atoms with E-state index in [0.29, 0.717) is 29.8 Å². The summed E-state index contributed by atoms with van der Waals surface area (Å²) in [5.41, 5.74) is 2.43. The van der Waals surface area contributed by atoms with Crippen molar-refractivity contribution in [2.24, 2.45) is 5.92 Å². The normalized spacial score (nSPS) is 16.1. The Morgan fingerprint density at radius 1 is 0.903 bits per heavy atom. The number of para-hydroxylation sites is 3. The van der Waals surface area contributed by atoms with E-state index in [9.17, 15) is 9.59 Å². The fourth-order valence-electron chi connectivity index (χ4n) is 4.41. The van der Waals surface area contributed by atoms with Gasteiger partial charge >= 0.3 is 0 Å². The van der Waals surface area contributed by atoms with Gasteiger partial charge in [0, 0.05) is 35.5 Å². The van der Waals surface area contributed by atoms with Gasteiger partial charge in [0.15, 0.2) is 5.43 Å². The van der Waals surface area contributed by atoms with Crippen LogP contribution >= 0.6 is 0 Å². The monoisotopic (exact) mass is 412 g/mol. The van der Waals surface area contributed by atoms with Crippen molar-refractivity contribution in [1.29, 1.82) is 0 Å². The first kappa shape index (κ1) is 19.5. The molecule has 5 nitrogen and oxygen atoms in total. The third-order valence-electron chi connectivity index (χ3n) is 6.01. The maximum absolute atomic E-state index is 13.7. The van der Waals surface area contributed by atoms with Crippen molar-refractivity contribution in [3.8, 4) is 0 Å². The minimum atomic E-state index is -0.00273. The summed E-state index contributed by atoms with van der Waals surface area (Å²) >= 11 is 0. The molecule has 1 atom stereocenters. The minimum Gasteiger partial charge on any atom is -0.381 e. The van der Waals surface area contributed by atoms with Gasteiger partial charge in [-0.3, -0.25) is 9.59 Å². The van der Waals surface area contributed by atoms with Crippen molar-refractivity contribution >= 4 is 33.4 Å². The third kappa shape index (κ3) is 3.73. The molecule has 0 aliphatic carbocycles. The molecule has 1 aliphatic rings. The summed E-state index contributed by atoms with van der Waals surface area (Å²) in [6.07, 6.45) is 0.959. The van der Waals surface area contributed by atoms with Gasteiger partial charge < -0.3 is 14.2 Å². The molecule has 1 unspecified atom stereocenters. The second-order valence-electron chi connectivity index (χ2n) is 8.02. The number of benzene rings is 3. The zero-order valence-corrected chi connectivity index (χ0v) is 17.2. The summed E-state index contributed by atoms with van der Waals surface area (Å²) in [6, 6.07) is 24.8.